The zero-order valence-electron chi connectivity index (χ0n) is 11.4. The molecule has 1 aliphatic heterocycles. The molecule has 0 saturated carbocycles. The molecule has 1 aliphatic rings. The first-order valence-corrected chi connectivity index (χ1v) is 8.31. The van der Waals surface area contributed by atoms with E-state index in [1.54, 1.807) is 17.9 Å². The monoisotopic (exact) mass is 287 g/mol. The van der Waals surface area contributed by atoms with E-state index < -0.39 is 10.0 Å². The highest BCUT2D eigenvalue weighted by Gasteiger charge is 2.27. The number of likely N-dealkylation sites (tertiary alicyclic amines) is 1. The van der Waals surface area contributed by atoms with E-state index in [1.165, 1.54) is 10.6 Å². The van der Waals surface area contributed by atoms with Gasteiger partial charge in [0, 0.05) is 32.4 Å². The standard InChI is InChI=1S/C11H21N5O2S/c1-14(19(2,17)18)11-4-3-6-15(10-11)8-9-16-7-5-12-13-16/h5,7,11H,3-4,6,8-10H2,1-2H3. The fourth-order valence-electron chi connectivity index (χ4n) is 2.40. The lowest BCUT2D eigenvalue weighted by Gasteiger charge is -2.36. The second-order valence-electron chi connectivity index (χ2n) is 5.04. The van der Waals surface area contributed by atoms with E-state index in [-0.39, 0.29) is 6.04 Å². The lowest BCUT2D eigenvalue weighted by atomic mass is 10.1. The first-order chi connectivity index (χ1) is 8.97. The Kier molecular flexibility index (Phi) is 4.54. The normalized spacial score (nSPS) is 21.9. The zero-order valence-corrected chi connectivity index (χ0v) is 12.3. The maximum Gasteiger partial charge on any atom is 0.211 e. The summed E-state index contributed by atoms with van der Waals surface area (Å²) in [6, 6.07) is 0.0829. The van der Waals surface area contributed by atoms with Crippen LogP contribution in [0.1, 0.15) is 12.8 Å². The average Bonchev–Trinajstić information content (AvgIpc) is 2.88. The van der Waals surface area contributed by atoms with Gasteiger partial charge in [0.15, 0.2) is 0 Å². The van der Waals surface area contributed by atoms with E-state index in [2.05, 4.69) is 15.2 Å². The first-order valence-electron chi connectivity index (χ1n) is 6.46. The molecule has 0 spiro atoms. The second kappa shape index (κ2) is 5.98. The van der Waals surface area contributed by atoms with Crippen molar-refractivity contribution < 1.29 is 8.42 Å². The van der Waals surface area contributed by atoms with Crippen molar-refractivity contribution >= 4 is 10.0 Å². The molecule has 0 amide bonds. The molecule has 7 nitrogen and oxygen atoms in total. The average molecular weight is 287 g/mol. The minimum absolute atomic E-state index is 0.0829. The highest BCUT2D eigenvalue weighted by molar-refractivity contribution is 7.88. The van der Waals surface area contributed by atoms with Gasteiger partial charge in [-0.2, -0.15) is 0 Å². The third-order valence-electron chi connectivity index (χ3n) is 3.64. The quantitative estimate of drug-likeness (QED) is 0.739. The highest BCUT2D eigenvalue weighted by Crippen LogP contribution is 2.16. The lowest BCUT2D eigenvalue weighted by Crippen LogP contribution is -2.48. The van der Waals surface area contributed by atoms with Gasteiger partial charge < -0.3 is 0 Å². The van der Waals surface area contributed by atoms with E-state index in [1.807, 2.05) is 6.20 Å². The van der Waals surface area contributed by atoms with Gasteiger partial charge in [0.25, 0.3) is 0 Å². The Balaban J connectivity index is 1.87. The maximum absolute atomic E-state index is 11.6. The summed E-state index contributed by atoms with van der Waals surface area (Å²) in [5.74, 6) is 0. The van der Waals surface area contributed by atoms with Crippen LogP contribution in [0.4, 0.5) is 0 Å². The summed E-state index contributed by atoms with van der Waals surface area (Å²) in [5, 5.41) is 7.70. The Bertz CT molecular complexity index is 487. The molecule has 1 fully saturated rings. The number of sulfonamides is 1. The Morgan fingerprint density at radius 3 is 2.84 bits per heavy atom. The summed E-state index contributed by atoms with van der Waals surface area (Å²) < 4.78 is 26.4. The molecule has 8 heteroatoms. The van der Waals surface area contributed by atoms with Gasteiger partial charge in [-0.25, -0.2) is 12.7 Å². The maximum atomic E-state index is 11.6. The number of aromatic nitrogens is 3. The topological polar surface area (TPSA) is 71.3 Å². The van der Waals surface area contributed by atoms with Gasteiger partial charge >= 0.3 is 0 Å². The molecular weight excluding hydrogens is 266 g/mol. The van der Waals surface area contributed by atoms with Gasteiger partial charge in [0.2, 0.25) is 10.0 Å². The summed E-state index contributed by atoms with van der Waals surface area (Å²) in [6.07, 6.45) is 6.73. The molecule has 0 aliphatic carbocycles. The van der Waals surface area contributed by atoms with Crippen molar-refractivity contribution in [3.63, 3.8) is 0 Å². The summed E-state index contributed by atoms with van der Waals surface area (Å²) in [4.78, 5) is 2.29. The Labute approximate surface area is 114 Å². The molecule has 0 radical (unpaired) electrons. The molecule has 1 aromatic rings. The van der Waals surface area contributed by atoms with Gasteiger partial charge in [-0.05, 0) is 19.4 Å². The van der Waals surface area contributed by atoms with Crippen LogP contribution in [-0.4, -0.2) is 71.6 Å². The molecule has 108 valence electrons. The lowest BCUT2D eigenvalue weighted by molar-refractivity contribution is 0.153. The highest BCUT2D eigenvalue weighted by atomic mass is 32.2. The Morgan fingerprint density at radius 1 is 1.42 bits per heavy atom. The smallest absolute Gasteiger partial charge is 0.211 e. The fraction of sp³-hybridized carbons (Fsp3) is 0.818. The number of hydrogen-bond donors (Lipinski definition) is 0. The van der Waals surface area contributed by atoms with Crippen LogP contribution in [0.25, 0.3) is 0 Å². The predicted molar refractivity (Wildman–Crippen MR) is 72.1 cm³/mol. The second-order valence-corrected chi connectivity index (χ2v) is 7.08. The summed E-state index contributed by atoms with van der Waals surface area (Å²) in [7, 11) is -1.44. The van der Waals surface area contributed by atoms with Gasteiger partial charge in [-0.1, -0.05) is 5.21 Å². The number of rotatable bonds is 5. The summed E-state index contributed by atoms with van der Waals surface area (Å²) in [5.41, 5.74) is 0. The molecule has 0 aromatic carbocycles. The fourth-order valence-corrected chi connectivity index (χ4v) is 3.11. The summed E-state index contributed by atoms with van der Waals surface area (Å²) >= 11 is 0. The SMILES string of the molecule is CN(C1CCCN(CCn2ccnn2)C1)S(C)(=O)=O. The van der Waals surface area contributed by atoms with Gasteiger partial charge in [-0.3, -0.25) is 9.58 Å². The van der Waals surface area contributed by atoms with E-state index in [0.717, 1.165) is 39.0 Å². The van der Waals surface area contributed by atoms with Crippen molar-refractivity contribution in [2.24, 2.45) is 0 Å². The minimum atomic E-state index is -3.10. The molecule has 2 rings (SSSR count). The van der Waals surface area contributed by atoms with Crippen molar-refractivity contribution in [1.82, 2.24) is 24.2 Å². The van der Waals surface area contributed by atoms with E-state index in [0.29, 0.717) is 0 Å². The van der Waals surface area contributed by atoms with Crippen LogP contribution in [0.2, 0.25) is 0 Å². The molecule has 19 heavy (non-hydrogen) atoms. The predicted octanol–water partition coefficient (Wildman–Crippen LogP) is -0.366. The molecule has 0 bridgehead atoms. The van der Waals surface area contributed by atoms with Crippen LogP contribution < -0.4 is 0 Å². The molecule has 1 saturated heterocycles. The van der Waals surface area contributed by atoms with Crippen LogP contribution >= 0.6 is 0 Å². The summed E-state index contributed by atoms with van der Waals surface area (Å²) in [6.45, 7) is 3.47. The van der Waals surface area contributed by atoms with Crippen molar-refractivity contribution in [1.29, 1.82) is 0 Å². The number of nitrogens with zero attached hydrogens (tertiary/aromatic N) is 5. The van der Waals surface area contributed by atoms with Gasteiger partial charge in [-0.15, -0.1) is 5.10 Å². The van der Waals surface area contributed by atoms with Crippen LogP contribution in [0.15, 0.2) is 12.4 Å². The molecular formula is C11H21N5O2S. The minimum Gasteiger partial charge on any atom is -0.300 e. The third-order valence-corrected chi connectivity index (χ3v) is 4.98. The van der Waals surface area contributed by atoms with Crippen molar-refractivity contribution in [2.75, 3.05) is 32.9 Å². The zero-order chi connectivity index (χ0) is 13.9. The third kappa shape index (κ3) is 3.99. The van der Waals surface area contributed by atoms with Gasteiger partial charge in [0.05, 0.1) is 19.0 Å². The van der Waals surface area contributed by atoms with E-state index >= 15 is 0 Å². The largest absolute Gasteiger partial charge is 0.300 e. The molecule has 1 aromatic heterocycles. The van der Waals surface area contributed by atoms with Crippen molar-refractivity contribution in [2.45, 2.75) is 25.4 Å². The molecule has 1 unspecified atom stereocenters. The number of piperidine rings is 1. The first kappa shape index (κ1) is 14.4. The van der Waals surface area contributed by atoms with Gasteiger partial charge in [0.1, 0.15) is 0 Å². The Hall–Kier alpha value is -0.990. The van der Waals surface area contributed by atoms with Crippen molar-refractivity contribution in [3.8, 4) is 0 Å². The molecule has 1 atom stereocenters. The van der Waals surface area contributed by atoms with Crippen molar-refractivity contribution in [3.05, 3.63) is 12.4 Å². The number of hydrogen-bond acceptors (Lipinski definition) is 5. The Morgan fingerprint density at radius 2 is 2.21 bits per heavy atom. The molecule has 0 N–H and O–H groups in total. The van der Waals surface area contributed by atoms with E-state index in [4.69, 9.17) is 0 Å². The van der Waals surface area contributed by atoms with Crippen LogP contribution in [0, 0.1) is 0 Å². The number of likely N-dealkylation sites (N-methyl/N-ethyl adjacent to an activating group) is 1. The van der Waals surface area contributed by atoms with E-state index in [9.17, 15) is 8.42 Å². The van der Waals surface area contributed by atoms with Crippen LogP contribution in [-0.2, 0) is 16.6 Å². The van der Waals surface area contributed by atoms with Crippen LogP contribution in [0.3, 0.4) is 0 Å². The van der Waals surface area contributed by atoms with Crippen LogP contribution in [0.5, 0.6) is 0 Å². The molecule has 2 heterocycles.